The molecule has 3 aromatic rings. The molecule has 0 aromatic heterocycles. The van der Waals surface area contributed by atoms with Gasteiger partial charge in [-0.3, -0.25) is 9.59 Å². The Morgan fingerprint density at radius 3 is 2.25 bits per heavy atom. The Balaban J connectivity index is 1.87. The van der Waals surface area contributed by atoms with E-state index in [0.29, 0.717) is 18.7 Å². The zero-order valence-electron chi connectivity index (χ0n) is 21.5. The van der Waals surface area contributed by atoms with Crippen molar-refractivity contribution in [3.05, 3.63) is 106 Å². The largest absolute Gasteiger partial charge is 0.350 e. The van der Waals surface area contributed by atoms with Crippen molar-refractivity contribution in [1.82, 2.24) is 10.2 Å². The number of hydrogen-bond donors (Lipinski definition) is 1. The second-order valence-corrected chi connectivity index (χ2v) is 12.0. The third-order valence-electron chi connectivity index (χ3n) is 5.59. The number of nitrogens with one attached hydrogen (secondary N) is 1. The highest BCUT2D eigenvalue weighted by Gasteiger charge is 2.32. The molecule has 0 radical (unpaired) electrons. The lowest BCUT2D eigenvalue weighted by atomic mass is 10.0. The molecule has 0 spiro atoms. The van der Waals surface area contributed by atoms with E-state index in [9.17, 15) is 9.59 Å². The van der Waals surface area contributed by atoms with Crippen LogP contribution < -0.4 is 5.32 Å². The van der Waals surface area contributed by atoms with Gasteiger partial charge >= 0.3 is 0 Å². The van der Waals surface area contributed by atoms with Crippen molar-refractivity contribution in [3.63, 3.8) is 0 Å². The lowest BCUT2D eigenvalue weighted by Gasteiger charge is -2.34. The molecule has 1 atom stereocenters. The predicted molar refractivity (Wildman–Crippen MR) is 154 cm³/mol. The summed E-state index contributed by atoms with van der Waals surface area (Å²) in [6.45, 7) is 8.31. The Hall–Kier alpha value is -2.57. The van der Waals surface area contributed by atoms with Gasteiger partial charge in [0, 0.05) is 28.7 Å². The molecule has 0 saturated heterocycles. The Labute approximate surface area is 228 Å². The molecule has 36 heavy (non-hydrogen) atoms. The standard InChI is InChI=1S/C30H35BrN2O2S/c1-22-10-8-14-25(16-22)20-36-21-28(34)33(19-24-13-9-15-26(31)17-24)27(29(35)32-30(2,3)4)18-23-11-6-5-7-12-23/h5-17,27H,18-21H2,1-4H3,(H,32,35). The number of halogens is 1. The Kier molecular flexibility index (Phi) is 10.2. The van der Waals surface area contributed by atoms with Gasteiger partial charge in [0.1, 0.15) is 6.04 Å². The number of hydrogen-bond acceptors (Lipinski definition) is 3. The van der Waals surface area contributed by atoms with Gasteiger partial charge in [-0.25, -0.2) is 0 Å². The number of carbonyl (C=O) groups is 2. The van der Waals surface area contributed by atoms with E-state index in [4.69, 9.17) is 0 Å². The summed E-state index contributed by atoms with van der Waals surface area (Å²) in [4.78, 5) is 29.0. The highest BCUT2D eigenvalue weighted by Crippen LogP contribution is 2.21. The molecule has 0 aliphatic rings. The van der Waals surface area contributed by atoms with Crippen molar-refractivity contribution < 1.29 is 9.59 Å². The van der Waals surface area contributed by atoms with Crippen LogP contribution >= 0.6 is 27.7 Å². The van der Waals surface area contributed by atoms with E-state index in [2.05, 4.69) is 46.4 Å². The van der Waals surface area contributed by atoms with Crippen molar-refractivity contribution in [2.45, 2.75) is 58.0 Å². The van der Waals surface area contributed by atoms with E-state index in [1.54, 1.807) is 16.7 Å². The van der Waals surface area contributed by atoms with Gasteiger partial charge in [-0.1, -0.05) is 88.2 Å². The molecule has 3 aromatic carbocycles. The third-order valence-corrected chi connectivity index (χ3v) is 7.07. The number of amides is 2. The van der Waals surface area contributed by atoms with Gasteiger partial charge in [0.15, 0.2) is 0 Å². The lowest BCUT2D eigenvalue weighted by Crippen LogP contribution is -2.54. The van der Waals surface area contributed by atoms with E-state index in [0.717, 1.165) is 21.4 Å². The van der Waals surface area contributed by atoms with Gasteiger partial charge in [-0.15, -0.1) is 11.8 Å². The normalized spacial score (nSPS) is 12.1. The second-order valence-electron chi connectivity index (χ2n) is 10.1. The highest BCUT2D eigenvalue weighted by atomic mass is 79.9. The summed E-state index contributed by atoms with van der Waals surface area (Å²) in [5.41, 5.74) is 3.99. The summed E-state index contributed by atoms with van der Waals surface area (Å²) < 4.78 is 0.944. The first kappa shape index (κ1) is 28.0. The minimum absolute atomic E-state index is 0.0439. The van der Waals surface area contributed by atoms with E-state index >= 15 is 0 Å². The summed E-state index contributed by atoms with van der Waals surface area (Å²) in [6.07, 6.45) is 0.449. The van der Waals surface area contributed by atoms with Crippen LogP contribution in [0.15, 0.2) is 83.3 Å². The molecule has 0 bridgehead atoms. The zero-order valence-corrected chi connectivity index (χ0v) is 23.9. The van der Waals surface area contributed by atoms with Crippen molar-refractivity contribution >= 4 is 39.5 Å². The lowest BCUT2D eigenvalue weighted by molar-refractivity contribution is -0.140. The summed E-state index contributed by atoms with van der Waals surface area (Å²) in [7, 11) is 0. The van der Waals surface area contributed by atoms with E-state index in [1.165, 1.54) is 11.1 Å². The molecule has 0 heterocycles. The van der Waals surface area contributed by atoms with Crippen LogP contribution in [0.4, 0.5) is 0 Å². The number of aryl methyl sites for hydroxylation is 1. The van der Waals surface area contributed by atoms with Gasteiger partial charge in [-0.05, 0) is 56.5 Å². The van der Waals surface area contributed by atoms with E-state index < -0.39 is 11.6 Å². The topological polar surface area (TPSA) is 49.4 Å². The molecule has 4 nitrogen and oxygen atoms in total. The molecular formula is C30H35BrN2O2S. The molecular weight excluding hydrogens is 532 g/mol. The number of benzene rings is 3. The minimum Gasteiger partial charge on any atom is -0.350 e. The molecule has 3 rings (SSSR count). The minimum atomic E-state index is -0.627. The maximum Gasteiger partial charge on any atom is 0.243 e. The van der Waals surface area contributed by atoms with Crippen LogP contribution in [0.3, 0.4) is 0 Å². The SMILES string of the molecule is Cc1cccc(CSCC(=O)N(Cc2cccc(Br)c2)C(Cc2ccccc2)C(=O)NC(C)(C)C)c1. The molecule has 0 saturated carbocycles. The van der Waals surface area contributed by atoms with Crippen LogP contribution in [-0.4, -0.2) is 34.0 Å². The Morgan fingerprint density at radius 2 is 1.58 bits per heavy atom. The van der Waals surface area contributed by atoms with Crippen molar-refractivity contribution in [2.24, 2.45) is 0 Å². The first-order chi connectivity index (χ1) is 17.1. The zero-order chi connectivity index (χ0) is 26.1. The van der Waals surface area contributed by atoms with Crippen LogP contribution in [0.5, 0.6) is 0 Å². The summed E-state index contributed by atoms with van der Waals surface area (Å²) in [5.74, 6) is 0.863. The summed E-state index contributed by atoms with van der Waals surface area (Å²) >= 11 is 5.12. The third kappa shape index (κ3) is 9.14. The molecule has 0 aliphatic carbocycles. The van der Waals surface area contributed by atoms with Crippen LogP contribution in [0.1, 0.15) is 43.0 Å². The van der Waals surface area contributed by atoms with Gasteiger partial charge in [0.2, 0.25) is 11.8 Å². The summed E-state index contributed by atoms with van der Waals surface area (Å²) in [5, 5.41) is 3.11. The van der Waals surface area contributed by atoms with Crippen LogP contribution in [0.2, 0.25) is 0 Å². The molecule has 0 fully saturated rings. The van der Waals surface area contributed by atoms with E-state index in [-0.39, 0.29) is 11.8 Å². The number of nitrogens with zero attached hydrogens (tertiary/aromatic N) is 1. The average Bonchev–Trinajstić information content (AvgIpc) is 2.81. The van der Waals surface area contributed by atoms with Gasteiger partial charge in [-0.2, -0.15) is 0 Å². The smallest absolute Gasteiger partial charge is 0.243 e. The van der Waals surface area contributed by atoms with Gasteiger partial charge in [0.25, 0.3) is 0 Å². The summed E-state index contributed by atoms with van der Waals surface area (Å²) in [6, 6.07) is 25.5. The molecule has 0 aliphatic heterocycles. The van der Waals surface area contributed by atoms with Crippen molar-refractivity contribution in [2.75, 3.05) is 5.75 Å². The average molecular weight is 568 g/mol. The number of thioether (sulfide) groups is 1. The maximum atomic E-state index is 13.7. The fourth-order valence-corrected chi connectivity index (χ4v) is 5.28. The predicted octanol–water partition coefficient (Wildman–Crippen LogP) is 6.55. The van der Waals surface area contributed by atoms with Gasteiger partial charge < -0.3 is 10.2 Å². The first-order valence-electron chi connectivity index (χ1n) is 12.1. The maximum absolute atomic E-state index is 13.7. The van der Waals surface area contributed by atoms with Crippen LogP contribution in [0.25, 0.3) is 0 Å². The molecule has 1 unspecified atom stereocenters. The molecule has 190 valence electrons. The second kappa shape index (κ2) is 13.1. The number of rotatable bonds is 10. The molecule has 6 heteroatoms. The van der Waals surface area contributed by atoms with Crippen LogP contribution in [-0.2, 0) is 28.3 Å². The quantitative estimate of drug-likeness (QED) is 0.303. The van der Waals surface area contributed by atoms with E-state index in [1.807, 2.05) is 81.4 Å². The van der Waals surface area contributed by atoms with Crippen LogP contribution in [0, 0.1) is 6.92 Å². The fourth-order valence-electron chi connectivity index (χ4n) is 3.98. The molecule has 2 amide bonds. The fraction of sp³-hybridized carbons (Fsp3) is 0.333. The van der Waals surface area contributed by atoms with Gasteiger partial charge in [0.05, 0.1) is 5.75 Å². The monoisotopic (exact) mass is 566 g/mol. The van der Waals surface area contributed by atoms with Crippen molar-refractivity contribution in [3.8, 4) is 0 Å². The van der Waals surface area contributed by atoms with Crippen molar-refractivity contribution in [1.29, 1.82) is 0 Å². The highest BCUT2D eigenvalue weighted by molar-refractivity contribution is 9.10. The first-order valence-corrected chi connectivity index (χ1v) is 14.1. The number of carbonyl (C=O) groups excluding carboxylic acids is 2. The molecule has 1 N–H and O–H groups in total. The Bertz CT molecular complexity index is 1160. The Morgan fingerprint density at radius 1 is 0.917 bits per heavy atom.